The third-order valence-corrected chi connectivity index (χ3v) is 2.44. The van der Waals surface area contributed by atoms with E-state index in [1.54, 1.807) is 12.1 Å². The maximum Gasteiger partial charge on any atom is 0.239 e. The van der Waals surface area contributed by atoms with Crippen molar-refractivity contribution in [1.29, 1.82) is 0 Å². The summed E-state index contributed by atoms with van der Waals surface area (Å²) in [5, 5.41) is 9.97. The first kappa shape index (κ1) is 11.7. The largest absolute Gasteiger partial charge is 0.388 e. The number of amides is 1. The summed E-state index contributed by atoms with van der Waals surface area (Å²) >= 11 is 0. The van der Waals surface area contributed by atoms with Gasteiger partial charge in [0, 0.05) is 0 Å². The van der Waals surface area contributed by atoms with Crippen molar-refractivity contribution in [1.82, 2.24) is 5.43 Å². The first-order valence-electron chi connectivity index (χ1n) is 4.94. The first-order chi connectivity index (χ1) is 7.20. The van der Waals surface area contributed by atoms with Crippen molar-refractivity contribution < 1.29 is 9.90 Å². The highest BCUT2D eigenvalue weighted by Crippen LogP contribution is 2.24. The lowest BCUT2D eigenvalue weighted by molar-refractivity contribution is -0.129. The number of benzene rings is 1. The number of carbonyl (C=O) groups is 1. The van der Waals surface area contributed by atoms with Gasteiger partial charge >= 0.3 is 0 Å². The van der Waals surface area contributed by atoms with Gasteiger partial charge in [-0.1, -0.05) is 37.3 Å². The molecule has 1 aromatic rings. The molecule has 1 aromatic carbocycles. The number of aliphatic hydroxyl groups excluding tert-OH is 1. The molecule has 0 saturated carbocycles. The number of hydrogen-bond acceptors (Lipinski definition) is 3. The molecule has 0 fully saturated rings. The second kappa shape index (κ2) is 5.48. The van der Waals surface area contributed by atoms with Crippen molar-refractivity contribution in [3.63, 3.8) is 0 Å². The predicted molar refractivity (Wildman–Crippen MR) is 57.5 cm³/mol. The van der Waals surface area contributed by atoms with Crippen LogP contribution in [0.25, 0.3) is 0 Å². The normalized spacial score (nSPS) is 14.3. The van der Waals surface area contributed by atoms with E-state index in [9.17, 15) is 9.90 Å². The summed E-state index contributed by atoms with van der Waals surface area (Å²) in [5.74, 6) is 4.21. The summed E-state index contributed by atoms with van der Waals surface area (Å²) in [6.45, 7) is 1.84. The van der Waals surface area contributed by atoms with Crippen LogP contribution in [0.4, 0.5) is 0 Å². The summed E-state index contributed by atoms with van der Waals surface area (Å²) in [4.78, 5) is 11.4. The van der Waals surface area contributed by atoms with Crippen LogP contribution in [0, 0.1) is 5.92 Å². The van der Waals surface area contributed by atoms with Crippen LogP contribution in [0.3, 0.4) is 0 Å². The molecule has 0 radical (unpaired) electrons. The number of rotatable bonds is 4. The fourth-order valence-corrected chi connectivity index (χ4v) is 1.54. The Morgan fingerprint density at radius 1 is 1.47 bits per heavy atom. The smallest absolute Gasteiger partial charge is 0.239 e. The Hall–Kier alpha value is -1.39. The van der Waals surface area contributed by atoms with Crippen LogP contribution < -0.4 is 11.3 Å². The van der Waals surface area contributed by atoms with Gasteiger partial charge in [0.25, 0.3) is 0 Å². The van der Waals surface area contributed by atoms with E-state index >= 15 is 0 Å². The van der Waals surface area contributed by atoms with Gasteiger partial charge in [-0.2, -0.15) is 0 Å². The average molecular weight is 208 g/mol. The van der Waals surface area contributed by atoms with E-state index in [0.29, 0.717) is 6.42 Å². The fourth-order valence-electron chi connectivity index (χ4n) is 1.54. The highest BCUT2D eigenvalue weighted by Gasteiger charge is 2.25. The van der Waals surface area contributed by atoms with Crippen LogP contribution in [-0.2, 0) is 4.79 Å². The lowest BCUT2D eigenvalue weighted by atomic mass is 9.93. The molecule has 0 aromatic heterocycles. The summed E-state index contributed by atoms with van der Waals surface area (Å²) < 4.78 is 0. The number of nitrogens with two attached hydrogens (primary N) is 1. The first-order valence-corrected chi connectivity index (χ1v) is 4.94. The average Bonchev–Trinajstić information content (AvgIpc) is 2.30. The third kappa shape index (κ3) is 2.78. The van der Waals surface area contributed by atoms with Gasteiger partial charge in [-0.25, -0.2) is 5.84 Å². The van der Waals surface area contributed by atoms with Crippen molar-refractivity contribution in [2.24, 2.45) is 11.8 Å². The van der Waals surface area contributed by atoms with Gasteiger partial charge in [0.2, 0.25) is 5.91 Å². The maximum absolute atomic E-state index is 11.4. The standard InChI is InChI=1S/C11H16N2O2/c1-2-9(11(15)13-12)10(14)8-6-4-3-5-7-8/h3-7,9-10,14H,2,12H2,1H3,(H,13,15)/t9-,10-/m1/s1. The van der Waals surface area contributed by atoms with Gasteiger partial charge in [-0.15, -0.1) is 0 Å². The molecule has 82 valence electrons. The summed E-state index contributed by atoms with van der Waals surface area (Å²) in [6.07, 6.45) is -0.265. The summed E-state index contributed by atoms with van der Waals surface area (Å²) in [7, 11) is 0. The zero-order valence-electron chi connectivity index (χ0n) is 8.68. The second-order valence-corrected chi connectivity index (χ2v) is 3.38. The molecule has 4 N–H and O–H groups in total. The predicted octanol–water partition coefficient (Wildman–Crippen LogP) is 0.736. The minimum Gasteiger partial charge on any atom is -0.388 e. The van der Waals surface area contributed by atoms with Crippen LogP contribution in [-0.4, -0.2) is 11.0 Å². The minimum atomic E-state index is -0.806. The van der Waals surface area contributed by atoms with E-state index in [0.717, 1.165) is 5.56 Å². The molecular weight excluding hydrogens is 192 g/mol. The van der Waals surface area contributed by atoms with Crippen molar-refractivity contribution >= 4 is 5.91 Å². The molecular formula is C11H16N2O2. The van der Waals surface area contributed by atoms with Crippen molar-refractivity contribution in [2.75, 3.05) is 0 Å². The molecule has 0 aliphatic carbocycles. The Balaban J connectivity index is 2.82. The Bertz CT molecular complexity index is 314. The quantitative estimate of drug-likeness (QED) is 0.388. The zero-order chi connectivity index (χ0) is 11.3. The number of carbonyl (C=O) groups excluding carboxylic acids is 1. The van der Waals surface area contributed by atoms with Gasteiger partial charge in [0.1, 0.15) is 0 Å². The SMILES string of the molecule is CC[C@@H](C(=O)NN)[C@H](O)c1ccccc1. The van der Waals surface area contributed by atoms with Crippen LogP contribution >= 0.6 is 0 Å². The molecule has 15 heavy (non-hydrogen) atoms. The molecule has 0 heterocycles. The van der Waals surface area contributed by atoms with Gasteiger partial charge < -0.3 is 5.11 Å². The van der Waals surface area contributed by atoms with Gasteiger partial charge in [-0.3, -0.25) is 10.2 Å². The van der Waals surface area contributed by atoms with E-state index in [1.807, 2.05) is 25.1 Å². The number of aliphatic hydroxyl groups is 1. The Kier molecular flexibility index (Phi) is 4.27. The molecule has 1 amide bonds. The van der Waals surface area contributed by atoms with E-state index in [1.165, 1.54) is 0 Å². The highest BCUT2D eigenvalue weighted by molar-refractivity contribution is 5.78. The summed E-state index contributed by atoms with van der Waals surface area (Å²) in [6, 6.07) is 9.09. The number of nitrogens with one attached hydrogen (secondary N) is 1. The zero-order valence-corrected chi connectivity index (χ0v) is 8.68. The van der Waals surface area contributed by atoms with Gasteiger partial charge in [0.05, 0.1) is 12.0 Å². The van der Waals surface area contributed by atoms with Gasteiger partial charge in [0.15, 0.2) is 0 Å². The molecule has 0 aliphatic rings. The van der Waals surface area contributed by atoms with Crippen LogP contribution in [0.15, 0.2) is 30.3 Å². The molecule has 0 saturated heterocycles. The van der Waals surface area contributed by atoms with E-state index < -0.39 is 12.0 Å². The summed E-state index contributed by atoms with van der Waals surface area (Å²) in [5.41, 5.74) is 2.80. The molecule has 1 rings (SSSR count). The molecule has 2 atom stereocenters. The van der Waals surface area contributed by atoms with E-state index in [-0.39, 0.29) is 5.91 Å². The van der Waals surface area contributed by atoms with Crippen LogP contribution in [0.2, 0.25) is 0 Å². The topological polar surface area (TPSA) is 75.4 Å². The fraction of sp³-hybridized carbons (Fsp3) is 0.364. The number of hydrogen-bond donors (Lipinski definition) is 3. The molecule has 0 spiro atoms. The van der Waals surface area contributed by atoms with Crippen LogP contribution in [0.5, 0.6) is 0 Å². The molecule has 0 aliphatic heterocycles. The van der Waals surface area contributed by atoms with Crippen LogP contribution in [0.1, 0.15) is 25.0 Å². The number of hydrazine groups is 1. The van der Waals surface area contributed by atoms with E-state index in [2.05, 4.69) is 5.43 Å². The lowest BCUT2D eigenvalue weighted by Gasteiger charge is -2.19. The molecule has 4 heteroatoms. The Morgan fingerprint density at radius 3 is 2.53 bits per heavy atom. The lowest BCUT2D eigenvalue weighted by Crippen LogP contribution is -2.38. The molecule has 0 bridgehead atoms. The second-order valence-electron chi connectivity index (χ2n) is 3.38. The monoisotopic (exact) mass is 208 g/mol. The Labute approximate surface area is 89.1 Å². The minimum absolute atomic E-state index is 0.339. The van der Waals surface area contributed by atoms with Crippen molar-refractivity contribution in [3.8, 4) is 0 Å². The molecule has 4 nitrogen and oxygen atoms in total. The van der Waals surface area contributed by atoms with E-state index in [4.69, 9.17) is 5.84 Å². The van der Waals surface area contributed by atoms with Crippen molar-refractivity contribution in [3.05, 3.63) is 35.9 Å². The third-order valence-electron chi connectivity index (χ3n) is 2.44. The van der Waals surface area contributed by atoms with Crippen molar-refractivity contribution in [2.45, 2.75) is 19.4 Å². The maximum atomic E-state index is 11.4. The molecule has 0 unspecified atom stereocenters. The van der Waals surface area contributed by atoms with Gasteiger partial charge in [-0.05, 0) is 12.0 Å². The Morgan fingerprint density at radius 2 is 2.07 bits per heavy atom. The highest BCUT2D eigenvalue weighted by atomic mass is 16.3.